The van der Waals surface area contributed by atoms with Crippen LogP contribution in [-0.2, 0) is 5.60 Å². The lowest BCUT2D eigenvalue weighted by atomic mass is 9.74. The number of hydrogen-bond donors (Lipinski definition) is 2. The van der Waals surface area contributed by atoms with Crippen LogP contribution in [-0.4, -0.2) is 45.5 Å². The van der Waals surface area contributed by atoms with Crippen LogP contribution in [0.2, 0.25) is 0 Å². The lowest BCUT2D eigenvalue weighted by molar-refractivity contribution is -0.0155. The largest absolute Gasteiger partial charge is 0.465 e. The predicted molar refractivity (Wildman–Crippen MR) is 97.8 cm³/mol. The molecule has 1 atom stereocenters. The average molecular weight is 358 g/mol. The number of aromatic nitrogens is 1. The predicted octanol–water partition coefficient (Wildman–Crippen LogP) is 3.43. The number of thioether (sulfide) groups is 1. The van der Waals surface area contributed by atoms with Crippen molar-refractivity contribution in [3.8, 4) is 0 Å². The summed E-state index contributed by atoms with van der Waals surface area (Å²) in [5.41, 5.74) is 0.200. The number of piperidine rings is 1. The van der Waals surface area contributed by atoms with Gasteiger partial charge in [0, 0.05) is 30.1 Å². The van der Waals surface area contributed by atoms with Crippen molar-refractivity contribution < 1.29 is 15.0 Å². The fourth-order valence-corrected chi connectivity index (χ4v) is 3.99. The molecule has 3 rings (SSSR count). The zero-order chi connectivity index (χ0) is 17.9. The quantitative estimate of drug-likeness (QED) is 0.819. The van der Waals surface area contributed by atoms with Gasteiger partial charge in [-0.25, -0.2) is 4.79 Å². The second-order valence-electron chi connectivity index (χ2n) is 6.26. The molecular weight excluding hydrogens is 336 g/mol. The van der Waals surface area contributed by atoms with Crippen molar-refractivity contribution in [1.29, 1.82) is 0 Å². The monoisotopic (exact) mass is 358 g/mol. The molecule has 0 bridgehead atoms. The van der Waals surface area contributed by atoms with E-state index in [-0.39, 0.29) is 5.92 Å². The molecule has 1 aliphatic heterocycles. The van der Waals surface area contributed by atoms with Gasteiger partial charge < -0.3 is 15.1 Å². The van der Waals surface area contributed by atoms with Crippen molar-refractivity contribution in [2.24, 2.45) is 5.92 Å². The summed E-state index contributed by atoms with van der Waals surface area (Å²) in [5.74, 6) is -0.0879. The van der Waals surface area contributed by atoms with Gasteiger partial charge in [-0.2, -0.15) is 0 Å². The van der Waals surface area contributed by atoms with E-state index in [9.17, 15) is 15.0 Å². The lowest BCUT2D eigenvalue weighted by Gasteiger charge is -2.41. The summed E-state index contributed by atoms with van der Waals surface area (Å²) in [6.45, 7) is 0.856. The van der Waals surface area contributed by atoms with Gasteiger partial charge in [-0.05, 0) is 48.9 Å². The van der Waals surface area contributed by atoms with E-state index >= 15 is 0 Å². The van der Waals surface area contributed by atoms with Gasteiger partial charge in [-0.3, -0.25) is 4.98 Å². The second kappa shape index (κ2) is 7.45. The molecule has 2 N–H and O–H groups in total. The molecule has 1 saturated heterocycles. The van der Waals surface area contributed by atoms with Crippen LogP contribution in [0.4, 0.5) is 4.79 Å². The highest BCUT2D eigenvalue weighted by Crippen LogP contribution is 2.41. The average Bonchev–Trinajstić information content (AvgIpc) is 2.68. The van der Waals surface area contributed by atoms with Crippen molar-refractivity contribution in [1.82, 2.24) is 9.88 Å². The molecule has 0 radical (unpaired) electrons. The third-order valence-electron chi connectivity index (χ3n) is 4.92. The number of aliphatic hydroxyl groups is 1. The minimum atomic E-state index is -1.22. The summed E-state index contributed by atoms with van der Waals surface area (Å²) in [6.07, 6.45) is 3.99. The van der Waals surface area contributed by atoms with Crippen molar-refractivity contribution in [2.75, 3.05) is 19.3 Å². The summed E-state index contributed by atoms with van der Waals surface area (Å²) in [4.78, 5) is 18.1. The lowest BCUT2D eigenvalue weighted by Crippen LogP contribution is -2.46. The van der Waals surface area contributed by atoms with Gasteiger partial charge in [0.2, 0.25) is 0 Å². The van der Waals surface area contributed by atoms with Gasteiger partial charge in [0.15, 0.2) is 0 Å². The van der Waals surface area contributed by atoms with E-state index in [0.29, 0.717) is 31.6 Å². The molecule has 1 aromatic carbocycles. The van der Waals surface area contributed by atoms with Gasteiger partial charge in [0.25, 0.3) is 0 Å². The van der Waals surface area contributed by atoms with Crippen LogP contribution in [0, 0.1) is 5.92 Å². The van der Waals surface area contributed by atoms with Crippen LogP contribution in [0.3, 0.4) is 0 Å². The Kier molecular flexibility index (Phi) is 5.30. The van der Waals surface area contributed by atoms with Gasteiger partial charge in [-0.15, -0.1) is 11.8 Å². The summed E-state index contributed by atoms with van der Waals surface area (Å²) < 4.78 is 0. The summed E-state index contributed by atoms with van der Waals surface area (Å²) in [7, 11) is 0. The van der Waals surface area contributed by atoms with Crippen molar-refractivity contribution in [3.05, 3.63) is 59.9 Å². The summed E-state index contributed by atoms with van der Waals surface area (Å²) in [5, 5.41) is 21.0. The van der Waals surface area contributed by atoms with E-state index in [2.05, 4.69) is 4.98 Å². The Bertz CT molecular complexity index is 732. The topological polar surface area (TPSA) is 73.7 Å². The van der Waals surface area contributed by atoms with E-state index < -0.39 is 11.7 Å². The van der Waals surface area contributed by atoms with Gasteiger partial charge >= 0.3 is 6.09 Å². The van der Waals surface area contributed by atoms with Gasteiger partial charge in [-0.1, -0.05) is 18.2 Å². The number of nitrogens with zero attached hydrogens (tertiary/aromatic N) is 2. The SMILES string of the molecule is CSc1cccc([C@](O)(c2ccccn2)C2CCN(C(=O)O)CC2)c1. The maximum Gasteiger partial charge on any atom is 0.407 e. The molecule has 1 aromatic heterocycles. The molecule has 0 unspecified atom stereocenters. The Morgan fingerprint density at radius 3 is 2.60 bits per heavy atom. The third kappa shape index (κ3) is 3.50. The molecule has 1 fully saturated rings. The van der Waals surface area contributed by atoms with Crippen LogP contribution < -0.4 is 0 Å². The van der Waals surface area contributed by atoms with Gasteiger partial charge in [0.05, 0.1) is 5.69 Å². The molecule has 1 aliphatic rings. The van der Waals surface area contributed by atoms with E-state index in [1.165, 1.54) is 4.90 Å². The molecule has 25 heavy (non-hydrogen) atoms. The second-order valence-corrected chi connectivity index (χ2v) is 7.14. The van der Waals surface area contributed by atoms with Crippen LogP contribution in [0.25, 0.3) is 0 Å². The number of amides is 1. The first kappa shape index (κ1) is 17.8. The first-order valence-electron chi connectivity index (χ1n) is 8.32. The van der Waals surface area contributed by atoms with Crippen LogP contribution >= 0.6 is 11.8 Å². The molecule has 0 aliphatic carbocycles. The molecule has 1 amide bonds. The van der Waals surface area contributed by atoms with Gasteiger partial charge in [0.1, 0.15) is 5.60 Å². The Morgan fingerprint density at radius 2 is 2.00 bits per heavy atom. The number of carbonyl (C=O) groups is 1. The van der Waals surface area contributed by atoms with Crippen LogP contribution in [0.15, 0.2) is 53.6 Å². The molecule has 0 spiro atoms. The Labute approximate surface area is 151 Å². The highest BCUT2D eigenvalue weighted by molar-refractivity contribution is 7.98. The van der Waals surface area contributed by atoms with Crippen LogP contribution in [0.1, 0.15) is 24.1 Å². The van der Waals surface area contributed by atoms with E-state index in [4.69, 9.17) is 0 Å². The first-order chi connectivity index (χ1) is 12.1. The van der Waals surface area contributed by atoms with Crippen molar-refractivity contribution in [3.63, 3.8) is 0 Å². The van der Waals surface area contributed by atoms with E-state index in [1.807, 2.05) is 48.7 Å². The zero-order valence-electron chi connectivity index (χ0n) is 14.1. The maximum atomic E-state index is 11.8. The van der Waals surface area contributed by atoms with Crippen LogP contribution in [0.5, 0.6) is 0 Å². The smallest absolute Gasteiger partial charge is 0.407 e. The van der Waals surface area contributed by atoms with Crippen molar-refractivity contribution in [2.45, 2.75) is 23.3 Å². The minimum Gasteiger partial charge on any atom is -0.465 e. The number of pyridine rings is 1. The highest BCUT2D eigenvalue weighted by atomic mass is 32.2. The van der Waals surface area contributed by atoms with E-state index in [1.54, 1.807) is 18.0 Å². The molecule has 5 nitrogen and oxygen atoms in total. The number of hydrogen-bond acceptors (Lipinski definition) is 4. The molecular formula is C19H22N2O3S. The zero-order valence-corrected chi connectivity index (χ0v) is 14.9. The molecule has 2 heterocycles. The molecule has 2 aromatic rings. The minimum absolute atomic E-state index is 0.0879. The fraction of sp³-hybridized carbons (Fsp3) is 0.368. The third-order valence-corrected chi connectivity index (χ3v) is 5.65. The first-order valence-corrected chi connectivity index (χ1v) is 9.54. The molecule has 132 valence electrons. The molecule has 6 heteroatoms. The van der Waals surface area contributed by atoms with Crippen molar-refractivity contribution >= 4 is 17.9 Å². The van der Waals surface area contributed by atoms with E-state index in [0.717, 1.165) is 10.5 Å². The summed E-state index contributed by atoms with van der Waals surface area (Å²) >= 11 is 1.63. The Hall–Kier alpha value is -2.05. The number of benzene rings is 1. The fourth-order valence-electron chi connectivity index (χ4n) is 3.53. The maximum absolute atomic E-state index is 11.8. The Morgan fingerprint density at radius 1 is 1.24 bits per heavy atom. The Balaban J connectivity index is 2.00. The highest BCUT2D eigenvalue weighted by Gasteiger charge is 2.43. The number of rotatable bonds is 4. The number of likely N-dealkylation sites (tertiary alicyclic amines) is 1. The standard InChI is InChI=1S/C19H22N2O3S/c1-25-16-6-4-5-15(13-16)19(24,17-7-2-3-10-20-17)14-8-11-21(12-9-14)18(22)23/h2-7,10,13-14,24H,8-9,11-12H2,1H3,(H,22,23)/t19-/m0/s1. The summed E-state index contributed by atoms with van der Waals surface area (Å²) in [6, 6.07) is 13.4. The number of carboxylic acid groups (broad SMARTS) is 1. The normalized spacial score (nSPS) is 17.9. The molecule has 0 saturated carbocycles.